The number of oxime groups is 1. The van der Waals surface area contributed by atoms with Crippen LogP contribution in [0, 0.1) is 0 Å². The van der Waals surface area contributed by atoms with Crippen molar-refractivity contribution >= 4 is 21.6 Å². The van der Waals surface area contributed by atoms with E-state index < -0.39 is 0 Å². The standard InChI is InChI=1S/C8H8BrNO/c9-6-8(10-11)7-4-2-1-3-5-7/h1-5,11H,6H2/b10-8+. The third-order valence-electron chi connectivity index (χ3n) is 1.35. The largest absolute Gasteiger partial charge is 0.411 e. The van der Waals surface area contributed by atoms with Crippen LogP contribution in [0.4, 0.5) is 0 Å². The van der Waals surface area contributed by atoms with Crippen molar-refractivity contribution in [2.45, 2.75) is 0 Å². The number of benzene rings is 1. The van der Waals surface area contributed by atoms with Gasteiger partial charge in [0.25, 0.3) is 0 Å². The number of alkyl halides is 1. The first-order valence-corrected chi connectivity index (χ1v) is 4.33. The minimum atomic E-state index is 0.563. The maximum absolute atomic E-state index is 8.54. The normalized spacial score (nSPS) is 11.5. The van der Waals surface area contributed by atoms with E-state index in [1.165, 1.54) is 0 Å². The Labute approximate surface area is 73.7 Å². The highest BCUT2D eigenvalue weighted by Gasteiger charge is 1.99. The van der Waals surface area contributed by atoms with Crippen LogP contribution in [0.15, 0.2) is 35.5 Å². The summed E-state index contributed by atoms with van der Waals surface area (Å²) in [4.78, 5) is 0. The molecule has 0 saturated carbocycles. The van der Waals surface area contributed by atoms with Crippen LogP contribution in [0.5, 0.6) is 0 Å². The van der Waals surface area contributed by atoms with Gasteiger partial charge in [-0.3, -0.25) is 0 Å². The fourth-order valence-corrected chi connectivity index (χ4v) is 1.23. The van der Waals surface area contributed by atoms with Gasteiger partial charge in [0.15, 0.2) is 0 Å². The molecule has 0 aliphatic rings. The summed E-state index contributed by atoms with van der Waals surface area (Å²) in [5, 5.41) is 12.2. The van der Waals surface area contributed by atoms with Gasteiger partial charge in [-0.15, -0.1) is 0 Å². The Morgan fingerprint density at radius 1 is 1.36 bits per heavy atom. The molecule has 0 aromatic heterocycles. The molecule has 2 nitrogen and oxygen atoms in total. The molecule has 0 aliphatic carbocycles. The second-order valence-electron chi connectivity index (χ2n) is 2.05. The molecule has 0 atom stereocenters. The lowest BCUT2D eigenvalue weighted by molar-refractivity contribution is 0.319. The number of hydrogen-bond donors (Lipinski definition) is 1. The summed E-state index contributed by atoms with van der Waals surface area (Å²) in [5.74, 6) is 0. The molecule has 0 bridgehead atoms. The maximum atomic E-state index is 8.54. The number of nitrogens with zero attached hydrogens (tertiary/aromatic N) is 1. The van der Waals surface area contributed by atoms with Crippen LogP contribution in [-0.4, -0.2) is 16.2 Å². The Balaban J connectivity index is 2.92. The van der Waals surface area contributed by atoms with E-state index in [-0.39, 0.29) is 0 Å². The maximum Gasteiger partial charge on any atom is 0.0973 e. The third kappa shape index (κ3) is 2.05. The predicted octanol–water partition coefficient (Wildman–Crippen LogP) is 2.26. The second-order valence-corrected chi connectivity index (χ2v) is 2.61. The predicted molar refractivity (Wildman–Crippen MR) is 48.6 cm³/mol. The summed E-state index contributed by atoms with van der Waals surface area (Å²) < 4.78 is 0. The molecule has 0 unspecified atom stereocenters. The van der Waals surface area contributed by atoms with Crippen LogP contribution in [0.1, 0.15) is 5.56 Å². The minimum Gasteiger partial charge on any atom is -0.411 e. The molecule has 1 N–H and O–H groups in total. The van der Waals surface area contributed by atoms with Crippen LogP contribution < -0.4 is 0 Å². The van der Waals surface area contributed by atoms with Crippen LogP contribution in [0.3, 0.4) is 0 Å². The highest BCUT2D eigenvalue weighted by atomic mass is 79.9. The molecule has 58 valence electrons. The van der Waals surface area contributed by atoms with Gasteiger partial charge in [0, 0.05) is 10.9 Å². The molecular formula is C8H8BrNO. The minimum absolute atomic E-state index is 0.563. The van der Waals surface area contributed by atoms with Crippen molar-refractivity contribution in [2.75, 3.05) is 5.33 Å². The first kappa shape index (κ1) is 8.27. The zero-order chi connectivity index (χ0) is 8.10. The van der Waals surface area contributed by atoms with E-state index in [1.807, 2.05) is 30.3 Å². The first-order valence-electron chi connectivity index (χ1n) is 3.21. The SMILES string of the molecule is O/N=C(\CBr)c1ccccc1. The van der Waals surface area contributed by atoms with Gasteiger partial charge in [0.1, 0.15) is 0 Å². The molecule has 0 heterocycles. The van der Waals surface area contributed by atoms with Crippen LogP contribution in [0.2, 0.25) is 0 Å². The monoisotopic (exact) mass is 213 g/mol. The van der Waals surface area contributed by atoms with Crippen LogP contribution >= 0.6 is 15.9 Å². The average molecular weight is 214 g/mol. The Morgan fingerprint density at radius 3 is 2.45 bits per heavy atom. The van der Waals surface area contributed by atoms with Gasteiger partial charge in [-0.1, -0.05) is 51.4 Å². The van der Waals surface area contributed by atoms with Gasteiger partial charge in [0.2, 0.25) is 0 Å². The second kappa shape index (κ2) is 4.13. The summed E-state index contributed by atoms with van der Waals surface area (Å²) in [6.07, 6.45) is 0. The first-order chi connectivity index (χ1) is 5.38. The van der Waals surface area contributed by atoms with Gasteiger partial charge in [-0.05, 0) is 0 Å². The topological polar surface area (TPSA) is 32.6 Å². The van der Waals surface area contributed by atoms with E-state index in [1.54, 1.807) is 0 Å². The van der Waals surface area contributed by atoms with E-state index in [9.17, 15) is 0 Å². The molecule has 1 rings (SSSR count). The van der Waals surface area contributed by atoms with Gasteiger partial charge in [-0.2, -0.15) is 0 Å². The molecular weight excluding hydrogens is 206 g/mol. The Kier molecular flexibility index (Phi) is 3.11. The summed E-state index contributed by atoms with van der Waals surface area (Å²) >= 11 is 3.22. The van der Waals surface area contributed by atoms with Gasteiger partial charge >= 0.3 is 0 Å². The Hall–Kier alpha value is -0.830. The van der Waals surface area contributed by atoms with Crippen molar-refractivity contribution in [2.24, 2.45) is 5.16 Å². The van der Waals surface area contributed by atoms with Crippen molar-refractivity contribution in [3.05, 3.63) is 35.9 Å². The van der Waals surface area contributed by atoms with E-state index >= 15 is 0 Å². The lowest BCUT2D eigenvalue weighted by Crippen LogP contribution is -2.01. The molecule has 0 aliphatic heterocycles. The van der Waals surface area contributed by atoms with Crippen LogP contribution in [0.25, 0.3) is 0 Å². The summed E-state index contributed by atoms with van der Waals surface area (Å²) in [6.45, 7) is 0. The molecule has 0 fully saturated rings. The van der Waals surface area contributed by atoms with E-state index in [4.69, 9.17) is 5.21 Å². The van der Waals surface area contributed by atoms with Gasteiger partial charge in [-0.25, -0.2) is 0 Å². The molecule has 11 heavy (non-hydrogen) atoms. The molecule has 1 aromatic carbocycles. The molecule has 0 radical (unpaired) electrons. The average Bonchev–Trinajstić information content (AvgIpc) is 2.09. The van der Waals surface area contributed by atoms with Crippen molar-refractivity contribution < 1.29 is 5.21 Å². The van der Waals surface area contributed by atoms with Crippen molar-refractivity contribution in [3.8, 4) is 0 Å². The lowest BCUT2D eigenvalue weighted by Gasteiger charge is -1.97. The number of halogens is 1. The molecule has 0 saturated heterocycles. The number of rotatable bonds is 2. The molecule has 0 amide bonds. The van der Waals surface area contributed by atoms with Crippen molar-refractivity contribution in [3.63, 3.8) is 0 Å². The molecule has 0 spiro atoms. The number of hydrogen-bond acceptors (Lipinski definition) is 2. The highest BCUT2D eigenvalue weighted by molar-refractivity contribution is 9.09. The summed E-state index contributed by atoms with van der Waals surface area (Å²) in [7, 11) is 0. The summed E-state index contributed by atoms with van der Waals surface area (Å²) in [6, 6.07) is 9.53. The van der Waals surface area contributed by atoms with E-state index in [0.29, 0.717) is 11.0 Å². The van der Waals surface area contributed by atoms with E-state index in [0.717, 1.165) is 5.56 Å². The van der Waals surface area contributed by atoms with Gasteiger partial charge in [0.05, 0.1) is 5.71 Å². The smallest absolute Gasteiger partial charge is 0.0973 e. The quantitative estimate of drug-likeness (QED) is 0.348. The Morgan fingerprint density at radius 2 is 2.00 bits per heavy atom. The van der Waals surface area contributed by atoms with E-state index in [2.05, 4.69) is 21.1 Å². The van der Waals surface area contributed by atoms with Crippen molar-refractivity contribution in [1.29, 1.82) is 0 Å². The van der Waals surface area contributed by atoms with Crippen LogP contribution in [-0.2, 0) is 0 Å². The lowest BCUT2D eigenvalue weighted by atomic mass is 10.1. The third-order valence-corrected chi connectivity index (χ3v) is 1.89. The highest BCUT2D eigenvalue weighted by Crippen LogP contribution is 2.02. The van der Waals surface area contributed by atoms with Gasteiger partial charge < -0.3 is 5.21 Å². The molecule has 1 aromatic rings. The fourth-order valence-electron chi connectivity index (χ4n) is 0.792. The van der Waals surface area contributed by atoms with Crippen molar-refractivity contribution in [1.82, 2.24) is 0 Å². The zero-order valence-corrected chi connectivity index (χ0v) is 7.45. The molecule has 3 heteroatoms. The summed E-state index contributed by atoms with van der Waals surface area (Å²) in [5.41, 5.74) is 1.58. The fraction of sp³-hybridized carbons (Fsp3) is 0.125. The Bertz CT molecular complexity index is 246. The zero-order valence-electron chi connectivity index (χ0n) is 5.87.